The van der Waals surface area contributed by atoms with Gasteiger partial charge in [0, 0.05) is 34.6 Å². The van der Waals surface area contributed by atoms with E-state index in [0.29, 0.717) is 28.6 Å². The van der Waals surface area contributed by atoms with Crippen LogP contribution in [0.2, 0.25) is 15.1 Å². The molecule has 1 atom stereocenters. The number of amides is 2. The number of methoxy groups -OCH3 is 1. The highest BCUT2D eigenvalue weighted by atomic mass is 35.5. The second-order valence-corrected chi connectivity index (χ2v) is 14.0. The molecular weight excluding hydrogens is 681 g/mol. The molecule has 12 heteroatoms. The molecule has 0 saturated heterocycles. The monoisotopic (exact) mass is 715 g/mol. The number of anilines is 1. The first-order valence-electron chi connectivity index (χ1n) is 14.9. The number of nitrogens with one attached hydrogen (secondary N) is 1. The van der Waals surface area contributed by atoms with E-state index in [9.17, 15) is 18.0 Å². The molecule has 4 aromatic carbocycles. The van der Waals surface area contributed by atoms with E-state index in [4.69, 9.17) is 39.5 Å². The SMILES string of the molecule is CCCNC(=O)C(Cc1ccccc1)N(Cc1ccc(Cl)cc1Cl)C(=O)CN(c1cc(Cl)ccc1OC)S(=O)(=O)c1ccc(C)cc1. The van der Waals surface area contributed by atoms with Crippen LogP contribution in [0.15, 0.2) is 95.9 Å². The van der Waals surface area contributed by atoms with Crippen LogP contribution in [0.1, 0.15) is 30.0 Å². The fourth-order valence-electron chi connectivity index (χ4n) is 4.96. The minimum Gasteiger partial charge on any atom is -0.495 e. The standard InChI is InChI=1S/C35H36Cl3N3O5S/c1-4-18-39-35(43)32(19-25-8-6-5-7-9-25)40(22-26-12-13-27(36)20-30(26)38)34(42)23-41(31-21-28(37)14-17-33(31)46-3)47(44,45)29-15-10-24(2)11-16-29/h5-17,20-21,32H,4,18-19,22-23H2,1-3H3,(H,39,43). The summed E-state index contributed by atoms with van der Waals surface area (Å²) in [7, 11) is -2.95. The maximum absolute atomic E-state index is 14.6. The van der Waals surface area contributed by atoms with E-state index in [0.717, 1.165) is 15.4 Å². The van der Waals surface area contributed by atoms with Crippen molar-refractivity contribution in [1.29, 1.82) is 0 Å². The van der Waals surface area contributed by atoms with Crippen molar-refractivity contribution < 1.29 is 22.7 Å². The van der Waals surface area contributed by atoms with Crippen molar-refractivity contribution in [2.45, 2.75) is 44.2 Å². The van der Waals surface area contributed by atoms with Gasteiger partial charge in [-0.2, -0.15) is 0 Å². The van der Waals surface area contributed by atoms with E-state index in [1.54, 1.807) is 36.4 Å². The predicted molar refractivity (Wildman–Crippen MR) is 188 cm³/mol. The van der Waals surface area contributed by atoms with Crippen LogP contribution in [-0.2, 0) is 32.6 Å². The van der Waals surface area contributed by atoms with Crippen LogP contribution in [0.5, 0.6) is 5.75 Å². The van der Waals surface area contributed by atoms with Crippen molar-refractivity contribution in [3.8, 4) is 5.75 Å². The van der Waals surface area contributed by atoms with Gasteiger partial charge < -0.3 is 15.0 Å². The van der Waals surface area contributed by atoms with Crippen molar-refractivity contribution in [1.82, 2.24) is 10.2 Å². The highest BCUT2D eigenvalue weighted by Gasteiger charge is 2.36. The number of rotatable bonds is 14. The van der Waals surface area contributed by atoms with Crippen molar-refractivity contribution in [3.05, 3.63) is 123 Å². The van der Waals surface area contributed by atoms with Crippen molar-refractivity contribution >= 4 is 62.3 Å². The number of halogens is 3. The van der Waals surface area contributed by atoms with Crippen LogP contribution in [0, 0.1) is 6.92 Å². The summed E-state index contributed by atoms with van der Waals surface area (Å²) in [5.74, 6) is -0.851. The molecule has 4 aromatic rings. The van der Waals surface area contributed by atoms with Crippen molar-refractivity contribution in [3.63, 3.8) is 0 Å². The molecule has 1 N–H and O–H groups in total. The van der Waals surface area contributed by atoms with Crippen LogP contribution in [0.3, 0.4) is 0 Å². The Morgan fingerprint density at radius 2 is 1.55 bits per heavy atom. The lowest BCUT2D eigenvalue weighted by Crippen LogP contribution is -2.53. The van der Waals surface area contributed by atoms with Gasteiger partial charge in [0.05, 0.1) is 17.7 Å². The van der Waals surface area contributed by atoms with E-state index in [1.807, 2.05) is 44.2 Å². The summed E-state index contributed by atoms with van der Waals surface area (Å²) in [6.45, 7) is 3.38. The van der Waals surface area contributed by atoms with Crippen LogP contribution in [0.4, 0.5) is 5.69 Å². The smallest absolute Gasteiger partial charge is 0.264 e. The van der Waals surface area contributed by atoms with Gasteiger partial charge in [-0.15, -0.1) is 0 Å². The summed E-state index contributed by atoms with van der Waals surface area (Å²) in [6.07, 6.45) is 0.844. The molecule has 1 unspecified atom stereocenters. The zero-order valence-electron chi connectivity index (χ0n) is 26.3. The molecule has 0 bridgehead atoms. The third-order valence-electron chi connectivity index (χ3n) is 7.47. The Labute approximate surface area is 291 Å². The average molecular weight is 717 g/mol. The predicted octanol–water partition coefficient (Wildman–Crippen LogP) is 7.33. The summed E-state index contributed by atoms with van der Waals surface area (Å²) in [4.78, 5) is 29.8. The van der Waals surface area contributed by atoms with E-state index < -0.39 is 28.5 Å². The Bertz CT molecular complexity index is 1810. The largest absolute Gasteiger partial charge is 0.495 e. The molecule has 0 spiro atoms. The summed E-state index contributed by atoms with van der Waals surface area (Å²) in [5, 5.41) is 3.85. The average Bonchev–Trinajstić information content (AvgIpc) is 3.05. The lowest BCUT2D eigenvalue weighted by molar-refractivity contribution is -0.140. The molecule has 0 aromatic heterocycles. The molecule has 0 saturated carbocycles. The number of carbonyl (C=O) groups is 2. The van der Waals surface area contributed by atoms with Crippen molar-refractivity contribution in [2.24, 2.45) is 0 Å². The lowest BCUT2D eigenvalue weighted by Gasteiger charge is -2.34. The molecule has 8 nitrogen and oxygen atoms in total. The minimum atomic E-state index is -4.35. The van der Waals surface area contributed by atoms with Gasteiger partial charge in [0.2, 0.25) is 11.8 Å². The molecule has 0 aliphatic heterocycles. The quantitative estimate of drug-likeness (QED) is 0.148. The number of ether oxygens (including phenoxy) is 1. The molecule has 0 heterocycles. The summed E-state index contributed by atoms with van der Waals surface area (Å²) in [6, 6.07) is 23.9. The van der Waals surface area contributed by atoms with E-state index in [2.05, 4.69) is 5.32 Å². The zero-order chi connectivity index (χ0) is 34.1. The fraction of sp³-hybridized carbons (Fsp3) is 0.257. The number of benzene rings is 4. The van der Waals surface area contributed by atoms with Crippen LogP contribution < -0.4 is 14.4 Å². The Morgan fingerprint density at radius 3 is 2.19 bits per heavy atom. The maximum Gasteiger partial charge on any atom is 0.264 e. The molecule has 2 amide bonds. The third kappa shape index (κ3) is 9.20. The first-order valence-corrected chi connectivity index (χ1v) is 17.5. The lowest BCUT2D eigenvalue weighted by atomic mass is 10.0. The number of sulfonamides is 1. The molecule has 0 aliphatic carbocycles. The Balaban J connectivity index is 1.86. The van der Waals surface area contributed by atoms with Gasteiger partial charge in [-0.1, -0.05) is 95.8 Å². The Hall–Kier alpha value is -3.76. The first kappa shape index (κ1) is 36.1. The highest BCUT2D eigenvalue weighted by molar-refractivity contribution is 7.92. The summed E-state index contributed by atoms with van der Waals surface area (Å²) < 4.78 is 35.1. The van der Waals surface area contributed by atoms with Gasteiger partial charge in [-0.3, -0.25) is 13.9 Å². The third-order valence-corrected chi connectivity index (χ3v) is 10.1. The van der Waals surface area contributed by atoms with Gasteiger partial charge in [-0.25, -0.2) is 8.42 Å². The van der Waals surface area contributed by atoms with Gasteiger partial charge in [-0.05, 0) is 66.9 Å². The molecule has 248 valence electrons. The first-order chi connectivity index (χ1) is 22.4. The normalized spacial score (nSPS) is 11.9. The number of nitrogens with zero attached hydrogens (tertiary/aromatic N) is 2. The molecular formula is C35H36Cl3N3O5S. The van der Waals surface area contributed by atoms with E-state index >= 15 is 0 Å². The molecule has 0 radical (unpaired) electrons. The number of hydrogen-bond donors (Lipinski definition) is 1. The van der Waals surface area contributed by atoms with Gasteiger partial charge >= 0.3 is 0 Å². The second-order valence-electron chi connectivity index (χ2n) is 10.9. The summed E-state index contributed by atoms with van der Waals surface area (Å²) in [5.41, 5.74) is 2.26. The number of hydrogen-bond acceptors (Lipinski definition) is 5. The molecule has 0 aliphatic rings. The fourth-order valence-corrected chi connectivity index (χ4v) is 7.01. The van der Waals surface area contributed by atoms with Crippen LogP contribution >= 0.6 is 34.8 Å². The molecule has 0 fully saturated rings. The number of carbonyl (C=O) groups excluding carboxylic acids is 2. The highest BCUT2D eigenvalue weighted by Crippen LogP contribution is 2.35. The second kappa shape index (κ2) is 16.4. The molecule has 47 heavy (non-hydrogen) atoms. The van der Waals surface area contributed by atoms with Gasteiger partial charge in [0.15, 0.2) is 0 Å². The van der Waals surface area contributed by atoms with E-state index in [-0.39, 0.29) is 40.2 Å². The minimum absolute atomic E-state index is 0.0354. The maximum atomic E-state index is 14.6. The zero-order valence-corrected chi connectivity index (χ0v) is 29.3. The van der Waals surface area contributed by atoms with Crippen LogP contribution in [-0.4, -0.2) is 51.4 Å². The summed E-state index contributed by atoms with van der Waals surface area (Å²) >= 11 is 19.1. The van der Waals surface area contributed by atoms with E-state index in [1.165, 1.54) is 36.3 Å². The van der Waals surface area contributed by atoms with Gasteiger partial charge in [0.25, 0.3) is 10.0 Å². The van der Waals surface area contributed by atoms with Crippen LogP contribution in [0.25, 0.3) is 0 Å². The topological polar surface area (TPSA) is 96.0 Å². The molecule has 4 rings (SSSR count). The Kier molecular flexibility index (Phi) is 12.6. The van der Waals surface area contributed by atoms with Gasteiger partial charge in [0.1, 0.15) is 18.3 Å². The van der Waals surface area contributed by atoms with Crippen molar-refractivity contribution in [2.75, 3.05) is 24.5 Å². The number of aryl methyl sites for hydroxylation is 1. The Morgan fingerprint density at radius 1 is 0.894 bits per heavy atom.